The molecule has 0 amide bonds. The van der Waals surface area contributed by atoms with E-state index in [9.17, 15) is 5.11 Å². The van der Waals surface area contributed by atoms with E-state index in [0.29, 0.717) is 30.5 Å². The molecule has 1 fully saturated rings. The molecule has 0 aromatic heterocycles. The van der Waals surface area contributed by atoms with E-state index >= 15 is 0 Å². The molecule has 1 saturated heterocycles. The van der Waals surface area contributed by atoms with Crippen LogP contribution in [0.3, 0.4) is 0 Å². The van der Waals surface area contributed by atoms with E-state index in [-0.39, 0.29) is 12.0 Å². The van der Waals surface area contributed by atoms with Gasteiger partial charge < -0.3 is 19.9 Å². The summed E-state index contributed by atoms with van der Waals surface area (Å²) in [6, 6.07) is 15.0. The number of hydrogen-bond acceptors (Lipinski definition) is 4. The van der Waals surface area contributed by atoms with Crippen LogP contribution in [0, 0.1) is 5.41 Å². The number of hydrogen-bond donors (Lipinski definition) is 2. The predicted molar refractivity (Wildman–Crippen MR) is 86.8 cm³/mol. The summed E-state index contributed by atoms with van der Waals surface area (Å²) in [5, 5.41) is 13.4. The molecule has 0 spiro atoms. The van der Waals surface area contributed by atoms with Gasteiger partial charge in [0.05, 0.1) is 30.9 Å². The Morgan fingerprint density at radius 2 is 1.95 bits per heavy atom. The highest BCUT2D eigenvalue weighted by atomic mass is 35.5. The average Bonchev–Trinajstić information content (AvgIpc) is 2.50. The second-order valence-electron chi connectivity index (χ2n) is 5.56. The van der Waals surface area contributed by atoms with Crippen LogP contribution in [-0.4, -0.2) is 31.5 Å². The van der Waals surface area contributed by atoms with Crippen molar-refractivity contribution < 1.29 is 14.6 Å². The summed E-state index contributed by atoms with van der Waals surface area (Å²) in [7, 11) is 0. The van der Waals surface area contributed by atoms with Crippen molar-refractivity contribution in [3.8, 4) is 11.5 Å². The van der Waals surface area contributed by atoms with E-state index in [0.717, 1.165) is 11.4 Å². The number of anilines is 1. The van der Waals surface area contributed by atoms with Crippen LogP contribution in [0.15, 0.2) is 48.5 Å². The second kappa shape index (κ2) is 6.57. The Kier molecular flexibility index (Phi) is 4.52. The molecule has 22 heavy (non-hydrogen) atoms. The molecule has 0 bridgehead atoms. The molecule has 0 radical (unpaired) electrons. The molecule has 1 heterocycles. The van der Waals surface area contributed by atoms with Crippen LogP contribution in [0.5, 0.6) is 11.5 Å². The Balaban J connectivity index is 1.76. The van der Waals surface area contributed by atoms with Crippen molar-refractivity contribution in [2.45, 2.75) is 0 Å². The molecule has 2 N–H and O–H groups in total. The molecule has 2 aromatic rings. The minimum atomic E-state index is -0.216. The van der Waals surface area contributed by atoms with Gasteiger partial charge in [-0.15, -0.1) is 0 Å². The lowest BCUT2D eigenvalue weighted by molar-refractivity contribution is -0.128. The standard InChI is InChI=1S/C17H18ClNO3/c18-13-6-7-16(22-14-4-2-1-3-5-14)15(8-13)19-9-17(10-20)11-21-12-17/h1-8,19-20H,9-12H2. The minimum absolute atomic E-state index is 0.0927. The third-order valence-electron chi connectivity index (χ3n) is 3.72. The van der Waals surface area contributed by atoms with E-state index in [2.05, 4.69) is 5.32 Å². The van der Waals surface area contributed by atoms with E-state index in [1.807, 2.05) is 42.5 Å². The number of halogens is 1. The maximum Gasteiger partial charge on any atom is 0.150 e. The lowest BCUT2D eigenvalue weighted by Crippen LogP contribution is -2.50. The lowest BCUT2D eigenvalue weighted by atomic mass is 9.87. The zero-order valence-electron chi connectivity index (χ0n) is 12.1. The Bertz CT molecular complexity index is 624. The highest BCUT2D eigenvalue weighted by Gasteiger charge is 2.38. The second-order valence-corrected chi connectivity index (χ2v) is 6.00. The minimum Gasteiger partial charge on any atom is -0.455 e. The van der Waals surface area contributed by atoms with Gasteiger partial charge in [-0.05, 0) is 30.3 Å². The largest absolute Gasteiger partial charge is 0.455 e. The van der Waals surface area contributed by atoms with Gasteiger partial charge in [-0.1, -0.05) is 29.8 Å². The first-order valence-corrected chi connectivity index (χ1v) is 7.54. The molecular weight excluding hydrogens is 302 g/mol. The van der Waals surface area contributed by atoms with Gasteiger partial charge in [-0.2, -0.15) is 0 Å². The fourth-order valence-electron chi connectivity index (χ4n) is 2.27. The van der Waals surface area contributed by atoms with Crippen molar-refractivity contribution in [3.05, 3.63) is 53.6 Å². The molecule has 0 saturated carbocycles. The highest BCUT2D eigenvalue weighted by molar-refractivity contribution is 6.30. The van der Waals surface area contributed by atoms with Gasteiger partial charge in [0, 0.05) is 11.6 Å². The smallest absolute Gasteiger partial charge is 0.150 e. The summed E-state index contributed by atoms with van der Waals surface area (Å²) < 4.78 is 11.1. The van der Waals surface area contributed by atoms with Crippen molar-refractivity contribution in [2.75, 3.05) is 31.7 Å². The van der Waals surface area contributed by atoms with Crippen LogP contribution < -0.4 is 10.1 Å². The van der Waals surface area contributed by atoms with Crippen molar-refractivity contribution in [3.63, 3.8) is 0 Å². The zero-order chi connectivity index (χ0) is 15.4. The Labute approximate surface area is 134 Å². The average molecular weight is 320 g/mol. The van der Waals surface area contributed by atoms with E-state index in [4.69, 9.17) is 21.1 Å². The van der Waals surface area contributed by atoms with E-state index in [1.54, 1.807) is 6.07 Å². The first-order valence-electron chi connectivity index (χ1n) is 7.16. The summed E-state index contributed by atoms with van der Waals surface area (Å²) in [5.74, 6) is 1.46. The van der Waals surface area contributed by atoms with Crippen LogP contribution >= 0.6 is 11.6 Å². The Hall–Kier alpha value is -1.75. The number of aliphatic hydroxyl groups is 1. The molecule has 0 atom stereocenters. The molecule has 116 valence electrons. The number of para-hydroxylation sites is 1. The zero-order valence-corrected chi connectivity index (χ0v) is 12.8. The molecule has 4 nitrogen and oxygen atoms in total. The number of ether oxygens (including phenoxy) is 2. The summed E-state index contributed by atoms with van der Waals surface area (Å²) in [6.45, 7) is 1.82. The first-order chi connectivity index (χ1) is 10.7. The third-order valence-corrected chi connectivity index (χ3v) is 3.95. The summed E-state index contributed by atoms with van der Waals surface area (Å²) >= 11 is 6.08. The summed E-state index contributed by atoms with van der Waals surface area (Å²) in [4.78, 5) is 0. The molecule has 5 heteroatoms. The SMILES string of the molecule is OCC1(CNc2cc(Cl)ccc2Oc2ccccc2)COC1. The number of aliphatic hydroxyl groups excluding tert-OH is 1. The number of rotatable bonds is 6. The Morgan fingerprint density at radius 1 is 1.18 bits per heavy atom. The van der Waals surface area contributed by atoms with Gasteiger partial charge in [0.25, 0.3) is 0 Å². The molecule has 1 aliphatic rings. The molecule has 2 aromatic carbocycles. The molecule has 0 aliphatic carbocycles. The van der Waals surface area contributed by atoms with Crippen LogP contribution in [0.4, 0.5) is 5.69 Å². The van der Waals surface area contributed by atoms with Crippen LogP contribution in [-0.2, 0) is 4.74 Å². The van der Waals surface area contributed by atoms with Crippen LogP contribution in [0.25, 0.3) is 0 Å². The van der Waals surface area contributed by atoms with Crippen molar-refractivity contribution in [1.82, 2.24) is 0 Å². The first kappa shape index (κ1) is 15.2. The van der Waals surface area contributed by atoms with E-state index < -0.39 is 0 Å². The van der Waals surface area contributed by atoms with Gasteiger partial charge in [0.2, 0.25) is 0 Å². The fraction of sp³-hybridized carbons (Fsp3) is 0.294. The summed E-state index contributed by atoms with van der Waals surface area (Å²) in [6.07, 6.45) is 0. The lowest BCUT2D eigenvalue weighted by Gasteiger charge is -2.40. The molecule has 0 unspecified atom stereocenters. The van der Waals surface area contributed by atoms with Gasteiger partial charge in [-0.25, -0.2) is 0 Å². The Morgan fingerprint density at radius 3 is 2.59 bits per heavy atom. The van der Waals surface area contributed by atoms with Gasteiger partial charge in [-0.3, -0.25) is 0 Å². The van der Waals surface area contributed by atoms with Crippen molar-refractivity contribution >= 4 is 17.3 Å². The number of benzene rings is 2. The maximum absolute atomic E-state index is 9.50. The highest BCUT2D eigenvalue weighted by Crippen LogP contribution is 2.34. The maximum atomic E-state index is 9.50. The van der Waals surface area contributed by atoms with Crippen LogP contribution in [0.1, 0.15) is 0 Å². The van der Waals surface area contributed by atoms with Crippen LogP contribution in [0.2, 0.25) is 5.02 Å². The topological polar surface area (TPSA) is 50.7 Å². The monoisotopic (exact) mass is 319 g/mol. The van der Waals surface area contributed by atoms with Gasteiger partial charge >= 0.3 is 0 Å². The van der Waals surface area contributed by atoms with Gasteiger partial charge in [0.1, 0.15) is 5.75 Å². The predicted octanol–water partition coefficient (Wildman–Crippen LogP) is 3.55. The third kappa shape index (κ3) is 3.35. The molecule has 1 aliphatic heterocycles. The summed E-state index contributed by atoms with van der Waals surface area (Å²) in [5.41, 5.74) is 0.586. The normalized spacial score (nSPS) is 15.9. The fourth-order valence-corrected chi connectivity index (χ4v) is 2.44. The molecular formula is C17H18ClNO3. The van der Waals surface area contributed by atoms with Crippen molar-refractivity contribution in [1.29, 1.82) is 0 Å². The number of nitrogens with one attached hydrogen (secondary N) is 1. The molecule has 3 rings (SSSR count). The van der Waals surface area contributed by atoms with Gasteiger partial charge in [0.15, 0.2) is 5.75 Å². The van der Waals surface area contributed by atoms with E-state index in [1.165, 1.54) is 0 Å². The van der Waals surface area contributed by atoms with Crippen molar-refractivity contribution in [2.24, 2.45) is 5.41 Å². The quantitative estimate of drug-likeness (QED) is 0.855.